The number of carbonyl (C=O) groups excluding carboxylic acids is 2. The van der Waals surface area contributed by atoms with E-state index in [2.05, 4.69) is 38.5 Å². The predicted molar refractivity (Wildman–Crippen MR) is 137 cm³/mol. The number of hydrogen-bond donors (Lipinski definition) is 2. The van der Waals surface area contributed by atoms with E-state index < -0.39 is 0 Å². The molecule has 5 rings (SSSR count). The summed E-state index contributed by atoms with van der Waals surface area (Å²) in [5.41, 5.74) is 3.76. The van der Waals surface area contributed by atoms with Crippen LogP contribution in [0.4, 0.5) is 5.69 Å². The van der Waals surface area contributed by atoms with Crippen molar-refractivity contribution in [3.8, 4) is 0 Å². The second-order valence-corrected chi connectivity index (χ2v) is 9.93. The number of carbonyl (C=O) groups is 2. The maximum atomic E-state index is 12.8. The Morgan fingerprint density at radius 2 is 2.12 bits per heavy atom. The highest BCUT2D eigenvalue weighted by molar-refractivity contribution is 9.10. The lowest BCUT2D eigenvalue weighted by atomic mass is 10.0. The molecular weight excluding hydrogens is 494 g/mol. The maximum Gasteiger partial charge on any atom is 0.256 e. The number of halogens is 1. The van der Waals surface area contributed by atoms with E-state index in [4.69, 9.17) is 4.74 Å². The fourth-order valence-electron chi connectivity index (χ4n) is 4.85. The Kier molecular flexibility index (Phi) is 6.57. The van der Waals surface area contributed by atoms with Crippen LogP contribution in [0.2, 0.25) is 0 Å². The van der Waals surface area contributed by atoms with E-state index in [0.717, 1.165) is 40.0 Å². The highest BCUT2D eigenvalue weighted by Gasteiger charge is 2.29. The number of hydrogen-bond acceptors (Lipinski definition) is 4. The fourth-order valence-corrected chi connectivity index (χ4v) is 5.43. The number of benzene rings is 2. The van der Waals surface area contributed by atoms with Gasteiger partial charge in [0.15, 0.2) is 0 Å². The van der Waals surface area contributed by atoms with Crippen molar-refractivity contribution >= 4 is 44.8 Å². The average Bonchev–Trinajstić information content (AvgIpc) is 3.44. The molecule has 176 valence electrons. The van der Waals surface area contributed by atoms with E-state index in [1.54, 1.807) is 0 Å². The van der Waals surface area contributed by atoms with E-state index >= 15 is 0 Å². The lowest BCUT2D eigenvalue weighted by molar-refractivity contribution is -0.110. The lowest BCUT2D eigenvalue weighted by Gasteiger charge is -2.32. The molecule has 2 aromatic carbocycles. The van der Waals surface area contributed by atoms with E-state index in [0.29, 0.717) is 30.1 Å². The van der Waals surface area contributed by atoms with Crippen molar-refractivity contribution in [1.29, 1.82) is 0 Å². The Balaban J connectivity index is 1.25. The van der Waals surface area contributed by atoms with Gasteiger partial charge < -0.3 is 20.3 Å². The second kappa shape index (κ2) is 9.76. The van der Waals surface area contributed by atoms with Crippen LogP contribution in [0.3, 0.4) is 0 Å². The van der Waals surface area contributed by atoms with Crippen molar-refractivity contribution in [3.63, 3.8) is 0 Å². The van der Waals surface area contributed by atoms with Gasteiger partial charge in [0.2, 0.25) is 0 Å². The third kappa shape index (κ3) is 4.68. The SMILES string of the molecule is CN1CCCCC1CNC(=O)c1cccc(C2=CCC(/C=C3/C(=O)Nc4cccc(Br)c43)O2)c1. The minimum atomic E-state index is -0.242. The third-order valence-corrected chi connectivity index (χ3v) is 7.43. The lowest BCUT2D eigenvalue weighted by Crippen LogP contribution is -2.44. The monoisotopic (exact) mass is 521 g/mol. The van der Waals surface area contributed by atoms with E-state index in [1.165, 1.54) is 12.8 Å². The summed E-state index contributed by atoms with van der Waals surface area (Å²) in [5.74, 6) is 0.540. The summed E-state index contributed by atoms with van der Waals surface area (Å²) in [5, 5.41) is 6.00. The first kappa shape index (κ1) is 22.9. The fraction of sp³-hybridized carbons (Fsp3) is 0.333. The smallest absolute Gasteiger partial charge is 0.256 e. The van der Waals surface area contributed by atoms with Crippen molar-refractivity contribution < 1.29 is 14.3 Å². The number of likely N-dealkylation sites (N-methyl/N-ethyl adjacent to an activating group) is 1. The van der Waals surface area contributed by atoms with Gasteiger partial charge in [-0.25, -0.2) is 0 Å². The predicted octanol–water partition coefficient (Wildman–Crippen LogP) is 4.83. The number of ether oxygens (including phenoxy) is 1. The first-order chi connectivity index (χ1) is 16.5. The van der Waals surface area contributed by atoms with Crippen LogP contribution in [-0.2, 0) is 9.53 Å². The largest absolute Gasteiger partial charge is 0.486 e. The molecule has 3 aliphatic heterocycles. The van der Waals surface area contributed by atoms with Gasteiger partial charge in [-0.15, -0.1) is 0 Å². The Labute approximate surface area is 208 Å². The topological polar surface area (TPSA) is 70.7 Å². The molecule has 0 aliphatic carbocycles. The number of piperidine rings is 1. The molecule has 1 saturated heterocycles. The van der Waals surface area contributed by atoms with E-state index in [1.807, 2.05) is 54.6 Å². The first-order valence-electron chi connectivity index (χ1n) is 11.8. The van der Waals surface area contributed by atoms with Crippen molar-refractivity contribution in [3.05, 3.63) is 75.8 Å². The molecule has 2 N–H and O–H groups in total. The van der Waals surface area contributed by atoms with Crippen molar-refractivity contribution in [2.75, 3.05) is 25.5 Å². The Bertz CT molecular complexity index is 1190. The van der Waals surface area contributed by atoms with Crippen LogP contribution in [0.15, 0.2) is 59.1 Å². The molecule has 6 nitrogen and oxygen atoms in total. The number of anilines is 1. The van der Waals surface area contributed by atoms with Crippen molar-refractivity contribution in [2.45, 2.75) is 37.8 Å². The van der Waals surface area contributed by atoms with Crippen LogP contribution in [0.1, 0.15) is 47.2 Å². The molecule has 0 aromatic heterocycles. The molecule has 2 atom stereocenters. The summed E-state index contributed by atoms with van der Waals surface area (Å²) in [7, 11) is 2.12. The van der Waals surface area contributed by atoms with Gasteiger partial charge in [-0.05, 0) is 62.9 Å². The zero-order chi connectivity index (χ0) is 23.7. The summed E-state index contributed by atoms with van der Waals surface area (Å²) in [6.07, 6.45) is 7.88. The van der Waals surface area contributed by atoms with Gasteiger partial charge >= 0.3 is 0 Å². The molecule has 2 unspecified atom stereocenters. The van der Waals surface area contributed by atoms with Crippen molar-refractivity contribution in [2.24, 2.45) is 0 Å². The minimum absolute atomic E-state index is 0.0674. The average molecular weight is 522 g/mol. The van der Waals surface area contributed by atoms with Gasteiger partial charge in [0.1, 0.15) is 11.9 Å². The van der Waals surface area contributed by atoms with Crippen LogP contribution in [0.5, 0.6) is 0 Å². The van der Waals surface area contributed by atoms with Gasteiger partial charge in [-0.2, -0.15) is 0 Å². The Morgan fingerprint density at radius 3 is 2.97 bits per heavy atom. The van der Waals surface area contributed by atoms with Gasteiger partial charge in [0.25, 0.3) is 11.8 Å². The maximum absolute atomic E-state index is 12.8. The van der Waals surface area contributed by atoms with Crippen LogP contribution in [0, 0.1) is 0 Å². The van der Waals surface area contributed by atoms with Gasteiger partial charge in [-0.1, -0.05) is 40.5 Å². The molecule has 1 fully saturated rings. The number of rotatable bonds is 5. The molecule has 34 heavy (non-hydrogen) atoms. The molecule has 3 aliphatic rings. The zero-order valence-corrected chi connectivity index (χ0v) is 20.7. The highest BCUT2D eigenvalue weighted by atomic mass is 79.9. The van der Waals surface area contributed by atoms with Crippen molar-refractivity contribution in [1.82, 2.24) is 10.2 Å². The van der Waals surface area contributed by atoms with Crippen LogP contribution in [0.25, 0.3) is 11.3 Å². The zero-order valence-electron chi connectivity index (χ0n) is 19.1. The molecule has 0 bridgehead atoms. The summed E-state index contributed by atoms with van der Waals surface area (Å²) in [6.45, 7) is 1.75. The summed E-state index contributed by atoms with van der Waals surface area (Å²) in [4.78, 5) is 27.6. The molecule has 2 amide bonds. The van der Waals surface area contributed by atoms with Crippen LogP contribution in [-0.4, -0.2) is 49.0 Å². The van der Waals surface area contributed by atoms with Gasteiger partial charge in [0.05, 0.1) is 5.69 Å². The Morgan fingerprint density at radius 1 is 1.26 bits per heavy atom. The molecule has 7 heteroatoms. The number of fused-ring (bicyclic) bond motifs is 1. The van der Waals surface area contributed by atoms with Crippen LogP contribution < -0.4 is 10.6 Å². The number of nitrogens with zero attached hydrogens (tertiary/aromatic N) is 1. The summed E-state index contributed by atoms with van der Waals surface area (Å²) < 4.78 is 7.04. The number of amides is 2. The first-order valence-corrected chi connectivity index (χ1v) is 12.6. The molecule has 0 saturated carbocycles. The normalized spacial score (nSPS) is 23.3. The highest BCUT2D eigenvalue weighted by Crippen LogP contribution is 2.39. The molecule has 0 radical (unpaired) electrons. The summed E-state index contributed by atoms with van der Waals surface area (Å²) >= 11 is 3.55. The third-order valence-electron chi connectivity index (χ3n) is 6.77. The molecule has 0 spiro atoms. The molecule has 2 aromatic rings. The number of likely N-dealkylation sites (tertiary alicyclic amines) is 1. The van der Waals surface area contributed by atoms with E-state index in [-0.39, 0.29) is 17.9 Å². The van der Waals surface area contributed by atoms with Crippen LogP contribution >= 0.6 is 15.9 Å². The molecular formula is C27H28BrN3O3. The Hall–Kier alpha value is -2.90. The summed E-state index contributed by atoms with van der Waals surface area (Å²) in [6, 6.07) is 13.6. The quantitative estimate of drug-likeness (QED) is 0.553. The van der Waals surface area contributed by atoms with Gasteiger partial charge in [-0.3, -0.25) is 9.59 Å². The standard InChI is InChI=1S/C27H28BrN3O3/c1-31-13-3-2-8-19(31)16-29-26(32)18-7-4-6-17(14-18)24-12-11-20(34-24)15-21-25-22(28)9-5-10-23(25)30-27(21)33/h4-7,9-10,12,14-15,19-20H,2-3,8,11,13,16H2,1H3,(H,29,32)(H,30,33)/b21-15+. The second-order valence-electron chi connectivity index (χ2n) is 9.08. The minimum Gasteiger partial charge on any atom is -0.486 e. The van der Waals surface area contributed by atoms with Gasteiger partial charge in [0, 0.05) is 45.7 Å². The molecule has 3 heterocycles. The number of nitrogens with one attached hydrogen (secondary N) is 2. The van der Waals surface area contributed by atoms with E-state index in [9.17, 15) is 9.59 Å².